The Kier molecular flexibility index (Phi) is 10.4. The molecule has 2 N–H and O–H groups in total. The summed E-state index contributed by atoms with van der Waals surface area (Å²) in [5, 5.41) is 4.28. The van der Waals surface area contributed by atoms with Crippen molar-refractivity contribution in [1.82, 2.24) is 14.9 Å². The second-order valence-corrected chi connectivity index (χ2v) is 8.79. The van der Waals surface area contributed by atoms with Gasteiger partial charge in [-0.3, -0.25) is 9.59 Å². The molecule has 1 heterocycles. The van der Waals surface area contributed by atoms with Crippen molar-refractivity contribution >= 4 is 34.2 Å². The number of rotatable bonds is 9. The molecule has 186 valence electrons. The van der Waals surface area contributed by atoms with Crippen LogP contribution in [0.5, 0.6) is 0 Å². The van der Waals surface area contributed by atoms with Crippen molar-refractivity contribution < 1.29 is 71.2 Å². The van der Waals surface area contributed by atoms with E-state index in [0.29, 0.717) is 11.1 Å². The van der Waals surface area contributed by atoms with Gasteiger partial charge in [-0.1, -0.05) is 60.7 Å². The predicted octanol–water partition coefficient (Wildman–Crippen LogP) is -2.80. The molecule has 3 rings (SSSR count). The fourth-order valence-electron chi connectivity index (χ4n) is 3.21. The molecule has 1 aliphatic rings. The number of ether oxygens (including phenoxy) is 2. The Morgan fingerprint density at radius 3 is 1.97 bits per heavy atom. The van der Waals surface area contributed by atoms with Gasteiger partial charge in [0.25, 0.3) is 5.91 Å². The average molecular weight is 527 g/mol. The summed E-state index contributed by atoms with van der Waals surface area (Å²) in [5.74, 6) is -3.30. The van der Waals surface area contributed by atoms with E-state index in [0.717, 1.165) is 0 Å². The number of esters is 1. The minimum absolute atomic E-state index is 0. The van der Waals surface area contributed by atoms with Crippen LogP contribution in [0.15, 0.2) is 60.7 Å². The van der Waals surface area contributed by atoms with Crippen molar-refractivity contribution in [2.75, 3.05) is 0 Å². The summed E-state index contributed by atoms with van der Waals surface area (Å²) in [6.07, 6.45) is -1.11. The second kappa shape index (κ2) is 12.8. The maximum absolute atomic E-state index is 12.7. The van der Waals surface area contributed by atoms with Crippen molar-refractivity contribution in [2.24, 2.45) is 0 Å². The quantitative estimate of drug-likeness (QED) is 0.151. The van der Waals surface area contributed by atoms with Crippen LogP contribution in [0.1, 0.15) is 18.1 Å². The van der Waals surface area contributed by atoms with Gasteiger partial charge in [-0.15, -0.1) is 0 Å². The number of nitrogens with one attached hydrogen (secondary N) is 2. The molecule has 0 aromatic heterocycles. The maximum atomic E-state index is 12.7. The van der Waals surface area contributed by atoms with Gasteiger partial charge in [-0.05, 0) is 18.1 Å². The van der Waals surface area contributed by atoms with Crippen molar-refractivity contribution in [1.29, 1.82) is 0 Å². The monoisotopic (exact) mass is 527 g/mol. The summed E-state index contributed by atoms with van der Waals surface area (Å²) in [6, 6.07) is 12.4. The molecule has 1 unspecified atom stereocenters. The summed E-state index contributed by atoms with van der Waals surface area (Å²) in [5.41, 5.74) is 1.34. The standard InChI is InChI=1S/C22H23N3O9S.Na/c1-14(21(28)33-12-15-8-4-2-5-9-15)23-19(26)18-17(20(27)25(18)35(30,31)32)24-22(29)34-13-16-10-6-3-7-11-16;/h2-11,14,17-18H,12-13H2,1H3,(H,23,26)(H,24,29)(H,30,31,32);/q;+1/p-1/t14?,17-,18-;/m1./s1. The van der Waals surface area contributed by atoms with Crippen LogP contribution in [0, 0.1) is 0 Å². The molecule has 0 aliphatic carbocycles. The number of hydrogen-bond acceptors (Lipinski definition) is 9. The third kappa shape index (κ3) is 7.51. The molecule has 2 aromatic rings. The minimum atomic E-state index is -5.37. The topological polar surface area (TPSA) is 171 Å². The Balaban J connectivity index is 0.00000456. The molecule has 1 fully saturated rings. The number of benzene rings is 2. The third-order valence-corrected chi connectivity index (χ3v) is 5.87. The molecular weight excluding hydrogens is 505 g/mol. The molecule has 1 aliphatic heterocycles. The van der Waals surface area contributed by atoms with Gasteiger partial charge in [0.2, 0.25) is 5.91 Å². The molecule has 14 heteroatoms. The molecule has 1 saturated heterocycles. The van der Waals surface area contributed by atoms with Gasteiger partial charge in [0.1, 0.15) is 25.3 Å². The largest absolute Gasteiger partial charge is 1.00 e. The Morgan fingerprint density at radius 1 is 0.972 bits per heavy atom. The van der Waals surface area contributed by atoms with Crippen LogP contribution in [0.25, 0.3) is 0 Å². The molecule has 0 bridgehead atoms. The molecule has 0 saturated carbocycles. The van der Waals surface area contributed by atoms with Gasteiger partial charge in [0.15, 0.2) is 16.3 Å². The van der Waals surface area contributed by atoms with Gasteiger partial charge in [-0.2, -0.15) is 0 Å². The van der Waals surface area contributed by atoms with Crippen molar-refractivity contribution in [3.63, 3.8) is 0 Å². The second-order valence-electron chi connectivity index (χ2n) is 7.54. The average Bonchev–Trinajstić information content (AvgIpc) is 2.83. The van der Waals surface area contributed by atoms with Gasteiger partial charge in [0, 0.05) is 0 Å². The fourth-order valence-corrected chi connectivity index (χ4v) is 4.04. The van der Waals surface area contributed by atoms with Crippen LogP contribution in [0.2, 0.25) is 0 Å². The molecule has 2 aromatic carbocycles. The first-order valence-electron chi connectivity index (χ1n) is 10.3. The van der Waals surface area contributed by atoms with E-state index < -0.39 is 52.3 Å². The first kappa shape index (κ1) is 29.3. The number of amides is 3. The van der Waals surface area contributed by atoms with Gasteiger partial charge in [0.05, 0.1) is 0 Å². The van der Waals surface area contributed by atoms with Crippen molar-refractivity contribution in [3.8, 4) is 0 Å². The normalized spacial score (nSPS) is 17.6. The van der Waals surface area contributed by atoms with Crippen LogP contribution in [-0.2, 0) is 47.4 Å². The number of carbonyl (C=O) groups is 4. The van der Waals surface area contributed by atoms with Gasteiger partial charge in [-0.25, -0.2) is 22.3 Å². The van der Waals surface area contributed by atoms with E-state index in [4.69, 9.17) is 9.47 Å². The number of hydrogen-bond donors (Lipinski definition) is 2. The summed E-state index contributed by atoms with van der Waals surface area (Å²) < 4.78 is 44.3. The molecule has 0 spiro atoms. The number of carbonyl (C=O) groups excluding carboxylic acids is 4. The molecular formula is C22H22N3NaO9S. The van der Waals surface area contributed by atoms with E-state index in [2.05, 4.69) is 10.6 Å². The van der Waals surface area contributed by atoms with Crippen LogP contribution in [-0.4, -0.2) is 59.3 Å². The third-order valence-electron chi connectivity index (χ3n) is 4.98. The molecule has 3 atom stereocenters. The van der Waals surface area contributed by atoms with Crippen LogP contribution in [0.3, 0.4) is 0 Å². The molecule has 36 heavy (non-hydrogen) atoms. The van der Waals surface area contributed by atoms with Gasteiger partial charge < -0.3 is 24.7 Å². The van der Waals surface area contributed by atoms with E-state index in [9.17, 15) is 32.1 Å². The Morgan fingerprint density at radius 2 is 1.47 bits per heavy atom. The molecule has 0 radical (unpaired) electrons. The summed E-state index contributed by atoms with van der Waals surface area (Å²) in [7, 11) is -5.37. The molecule has 3 amide bonds. The summed E-state index contributed by atoms with van der Waals surface area (Å²) in [4.78, 5) is 49.2. The first-order chi connectivity index (χ1) is 16.6. The van der Waals surface area contributed by atoms with E-state index in [1.807, 2.05) is 0 Å². The van der Waals surface area contributed by atoms with Gasteiger partial charge >= 0.3 is 41.6 Å². The van der Waals surface area contributed by atoms with Crippen LogP contribution >= 0.6 is 0 Å². The van der Waals surface area contributed by atoms with E-state index in [1.54, 1.807) is 60.7 Å². The predicted molar refractivity (Wildman–Crippen MR) is 118 cm³/mol. The Hall–Kier alpha value is -2.97. The summed E-state index contributed by atoms with van der Waals surface area (Å²) in [6.45, 7) is 1.05. The maximum Gasteiger partial charge on any atom is 1.00 e. The Labute approximate surface area is 229 Å². The molecule has 12 nitrogen and oxygen atoms in total. The summed E-state index contributed by atoms with van der Waals surface area (Å²) >= 11 is 0. The smallest absolute Gasteiger partial charge is 0.731 e. The SMILES string of the molecule is CC(NC(=O)[C@H]1[C@@H](NC(=O)OCc2ccccc2)C(=O)N1S(=O)(=O)[O-])C(=O)OCc1ccccc1.[Na+]. The van der Waals surface area contributed by atoms with Crippen molar-refractivity contribution in [2.45, 2.75) is 38.3 Å². The number of alkyl carbamates (subject to hydrolysis) is 1. The van der Waals surface area contributed by atoms with Crippen LogP contribution in [0.4, 0.5) is 4.79 Å². The minimum Gasteiger partial charge on any atom is -0.731 e. The van der Waals surface area contributed by atoms with E-state index in [1.165, 1.54) is 6.92 Å². The zero-order valence-corrected chi connectivity index (χ0v) is 22.3. The number of β-lactam (4-membered cyclic amide) rings is 1. The first-order valence-corrected chi connectivity index (χ1v) is 11.7. The fraction of sp³-hybridized carbons (Fsp3) is 0.273. The van der Waals surface area contributed by atoms with E-state index in [-0.39, 0.29) is 47.1 Å². The zero-order valence-electron chi connectivity index (χ0n) is 19.4. The van der Waals surface area contributed by atoms with E-state index >= 15 is 0 Å². The number of nitrogens with zero attached hydrogens (tertiary/aromatic N) is 1. The Bertz CT molecular complexity index is 1200. The van der Waals surface area contributed by atoms with Crippen molar-refractivity contribution in [3.05, 3.63) is 71.8 Å². The van der Waals surface area contributed by atoms with Crippen LogP contribution < -0.4 is 40.2 Å². The zero-order chi connectivity index (χ0) is 25.6.